The summed E-state index contributed by atoms with van der Waals surface area (Å²) >= 11 is 5.85. The van der Waals surface area contributed by atoms with Gasteiger partial charge < -0.3 is 4.90 Å². The van der Waals surface area contributed by atoms with Crippen molar-refractivity contribution in [2.24, 2.45) is 0 Å². The third kappa shape index (κ3) is 4.51. The Bertz CT molecular complexity index is 890. The molecular weight excluding hydrogens is 384 g/mol. The Balaban J connectivity index is 1.74. The van der Waals surface area contributed by atoms with Gasteiger partial charge >= 0.3 is 0 Å². The molecule has 5 nitrogen and oxygen atoms in total. The van der Waals surface area contributed by atoms with Crippen molar-refractivity contribution in [1.82, 2.24) is 9.21 Å². The van der Waals surface area contributed by atoms with Crippen LogP contribution in [0.1, 0.15) is 35.7 Å². The number of hydrogen-bond acceptors (Lipinski definition) is 3. The van der Waals surface area contributed by atoms with Crippen LogP contribution in [0.25, 0.3) is 0 Å². The largest absolute Gasteiger partial charge is 0.339 e. The molecule has 1 heterocycles. The first-order valence-corrected chi connectivity index (χ1v) is 10.9. The van der Waals surface area contributed by atoms with Gasteiger partial charge in [-0.15, -0.1) is 0 Å². The van der Waals surface area contributed by atoms with Crippen LogP contribution in [-0.4, -0.2) is 43.2 Å². The minimum atomic E-state index is -3.61. The lowest BCUT2D eigenvalue weighted by Gasteiger charge is -2.21. The SMILES string of the molecule is CCN(Cc1ccc(C(=O)N2CCCC2)cc1)S(=O)(=O)c1ccc(Cl)cc1. The molecule has 1 aliphatic rings. The third-order valence-corrected chi connectivity index (χ3v) is 6.94. The second kappa shape index (κ2) is 8.42. The van der Waals surface area contributed by atoms with E-state index in [-0.39, 0.29) is 17.3 Å². The number of rotatable bonds is 6. The van der Waals surface area contributed by atoms with Gasteiger partial charge in [-0.25, -0.2) is 8.42 Å². The molecule has 0 atom stereocenters. The first kappa shape index (κ1) is 19.9. The highest BCUT2D eigenvalue weighted by Crippen LogP contribution is 2.21. The van der Waals surface area contributed by atoms with Crippen molar-refractivity contribution in [1.29, 1.82) is 0 Å². The van der Waals surface area contributed by atoms with Gasteiger partial charge in [0.2, 0.25) is 10.0 Å². The number of benzene rings is 2. The maximum absolute atomic E-state index is 12.9. The molecule has 27 heavy (non-hydrogen) atoms. The summed E-state index contributed by atoms with van der Waals surface area (Å²) in [7, 11) is -3.61. The van der Waals surface area contributed by atoms with Crippen LogP contribution in [0.4, 0.5) is 0 Å². The molecule has 0 unspecified atom stereocenters. The molecule has 3 rings (SSSR count). The summed E-state index contributed by atoms with van der Waals surface area (Å²) in [5.41, 5.74) is 1.48. The van der Waals surface area contributed by atoms with Crippen LogP contribution in [0.5, 0.6) is 0 Å². The molecule has 0 N–H and O–H groups in total. The molecule has 144 valence electrons. The molecule has 0 aliphatic carbocycles. The second-order valence-corrected chi connectivity index (χ2v) is 8.96. The summed E-state index contributed by atoms with van der Waals surface area (Å²) in [4.78, 5) is 14.5. The van der Waals surface area contributed by atoms with Gasteiger partial charge in [-0.2, -0.15) is 4.31 Å². The van der Waals surface area contributed by atoms with Gasteiger partial charge in [0.1, 0.15) is 0 Å². The summed E-state index contributed by atoms with van der Waals surface area (Å²) in [5, 5.41) is 0.496. The summed E-state index contributed by atoms with van der Waals surface area (Å²) in [6.45, 7) is 4.02. The van der Waals surface area contributed by atoms with E-state index in [9.17, 15) is 13.2 Å². The van der Waals surface area contributed by atoms with Crippen LogP contribution in [-0.2, 0) is 16.6 Å². The third-order valence-electron chi connectivity index (χ3n) is 4.76. The van der Waals surface area contributed by atoms with E-state index in [0.29, 0.717) is 17.1 Å². The Morgan fingerprint density at radius 2 is 1.63 bits per heavy atom. The lowest BCUT2D eigenvalue weighted by molar-refractivity contribution is 0.0793. The van der Waals surface area contributed by atoms with Crippen molar-refractivity contribution in [3.05, 3.63) is 64.7 Å². The number of carbonyl (C=O) groups is 1. The smallest absolute Gasteiger partial charge is 0.253 e. The van der Waals surface area contributed by atoms with Crippen molar-refractivity contribution in [2.45, 2.75) is 31.2 Å². The van der Waals surface area contributed by atoms with Crippen molar-refractivity contribution in [3.63, 3.8) is 0 Å². The molecule has 0 bridgehead atoms. The average molecular weight is 407 g/mol. The molecule has 0 aromatic heterocycles. The molecule has 0 radical (unpaired) electrons. The maximum atomic E-state index is 12.9. The highest BCUT2D eigenvalue weighted by atomic mass is 35.5. The molecule has 2 aromatic rings. The van der Waals surface area contributed by atoms with Crippen LogP contribution in [0.3, 0.4) is 0 Å². The van der Waals surface area contributed by atoms with Crippen LogP contribution in [0, 0.1) is 0 Å². The fourth-order valence-electron chi connectivity index (χ4n) is 3.18. The van der Waals surface area contributed by atoms with Crippen molar-refractivity contribution >= 4 is 27.5 Å². The van der Waals surface area contributed by atoms with Gasteiger partial charge in [-0.3, -0.25) is 4.79 Å². The van der Waals surface area contributed by atoms with Gasteiger partial charge in [0.25, 0.3) is 5.91 Å². The lowest BCUT2D eigenvalue weighted by atomic mass is 10.1. The van der Waals surface area contributed by atoms with Crippen LogP contribution < -0.4 is 0 Å². The molecule has 7 heteroatoms. The minimum absolute atomic E-state index is 0.0418. The highest BCUT2D eigenvalue weighted by Gasteiger charge is 2.24. The zero-order valence-corrected chi connectivity index (χ0v) is 16.8. The predicted molar refractivity (Wildman–Crippen MR) is 106 cm³/mol. The molecule has 1 saturated heterocycles. The van der Waals surface area contributed by atoms with E-state index in [4.69, 9.17) is 11.6 Å². The average Bonchev–Trinajstić information content (AvgIpc) is 3.21. The molecular formula is C20H23ClN2O3S. The predicted octanol–water partition coefficient (Wildman–Crippen LogP) is 3.79. The summed E-state index contributed by atoms with van der Waals surface area (Å²) in [6.07, 6.45) is 2.11. The van der Waals surface area contributed by atoms with Crippen LogP contribution in [0.15, 0.2) is 53.4 Å². The van der Waals surface area contributed by atoms with Crippen molar-refractivity contribution in [3.8, 4) is 0 Å². The highest BCUT2D eigenvalue weighted by molar-refractivity contribution is 7.89. The number of nitrogens with zero attached hydrogens (tertiary/aromatic N) is 2. The van der Waals surface area contributed by atoms with Gasteiger partial charge in [-0.1, -0.05) is 30.7 Å². The first-order valence-electron chi connectivity index (χ1n) is 9.06. The normalized spacial score (nSPS) is 14.7. The topological polar surface area (TPSA) is 57.7 Å². The zero-order chi connectivity index (χ0) is 19.4. The molecule has 1 amide bonds. The van der Waals surface area contributed by atoms with E-state index < -0.39 is 10.0 Å². The number of amides is 1. The van der Waals surface area contributed by atoms with Gasteiger partial charge in [0.05, 0.1) is 4.90 Å². The van der Waals surface area contributed by atoms with Crippen LogP contribution in [0.2, 0.25) is 5.02 Å². The summed E-state index contributed by atoms with van der Waals surface area (Å²) in [5.74, 6) is 0.0418. The quantitative estimate of drug-likeness (QED) is 0.733. The van der Waals surface area contributed by atoms with Gasteiger partial charge in [0.15, 0.2) is 0 Å². The number of likely N-dealkylation sites (tertiary alicyclic amines) is 1. The lowest BCUT2D eigenvalue weighted by Crippen LogP contribution is -2.30. The Hall–Kier alpha value is -1.89. The molecule has 1 aliphatic heterocycles. The summed E-state index contributed by atoms with van der Waals surface area (Å²) in [6, 6.07) is 13.4. The van der Waals surface area contributed by atoms with E-state index in [1.165, 1.54) is 16.4 Å². The second-order valence-electron chi connectivity index (χ2n) is 6.58. The zero-order valence-electron chi connectivity index (χ0n) is 15.3. The van der Waals surface area contributed by atoms with E-state index in [1.54, 1.807) is 31.2 Å². The summed E-state index contributed by atoms with van der Waals surface area (Å²) < 4.78 is 27.1. The van der Waals surface area contributed by atoms with E-state index in [1.807, 2.05) is 17.0 Å². The van der Waals surface area contributed by atoms with Crippen LogP contribution >= 0.6 is 11.6 Å². The Morgan fingerprint density at radius 1 is 1.04 bits per heavy atom. The van der Waals surface area contributed by atoms with Gasteiger partial charge in [0, 0.05) is 36.8 Å². The van der Waals surface area contributed by atoms with E-state index in [0.717, 1.165) is 31.5 Å². The number of halogens is 1. The fraction of sp³-hybridized carbons (Fsp3) is 0.350. The standard InChI is InChI=1S/C20H23ClN2O3S/c1-2-23(27(25,26)19-11-9-18(21)10-12-19)15-16-5-7-17(8-6-16)20(24)22-13-3-4-14-22/h5-12H,2-4,13-15H2,1H3. The monoisotopic (exact) mass is 406 g/mol. The molecule has 2 aromatic carbocycles. The fourth-order valence-corrected chi connectivity index (χ4v) is 4.74. The number of sulfonamides is 1. The number of hydrogen-bond donors (Lipinski definition) is 0. The maximum Gasteiger partial charge on any atom is 0.253 e. The Morgan fingerprint density at radius 3 is 2.19 bits per heavy atom. The minimum Gasteiger partial charge on any atom is -0.339 e. The Labute approximate surface area is 165 Å². The molecule has 0 spiro atoms. The van der Waals surface area contributed by atoms with Gasteiger partial charge in [-0.05, 0) is 54.8 Å². The van der Waals surface area contributed by atoms with Crippen molar-refractivity contribution in [2.75, 3.05) is 19.6 Å². The number of carbonyl (C=O) groups excluding carboxylic acids is 1. The molecule has 1 fully saturated rings. The Kier molecular flexibility index (Phi) is 6.19. The van der Waals surface area contributed by atoms with E-state index >= 15 is 0 Å². The first-order chi connectivity index (χ1) is 12.9. The van der Waals surface area contributed by atoms with Crippen molar-refractivity contribution < 1.29 is 13.2 Å². The van der Waals surface area contributed by atoms with E-state index in [2.05, 4.69) is 0 Å². The molecule has 0 saturated carbocycles.